The fourth-order valence-corrected chi connectivity index (χ4v) is 2.55. The van der Waals surface area contributed by atoms with E-state index in [-0.39, 0.29) is 0 Å². The molecule has 1 rings (SSSR count). The lowest BCUT2D eigenvalue weighted by Gasteiger charge is -2.26. The number of guanidine groups is 1. The zero-order valence-corrected chi connectivity index (χ0v) is 12.2. The summed E-state index contributed by atoms with van der Waals surface area (Å²) in [6, 6.07) is 0.643. The van der Waals surface area contributed by atoms with E-state index in [0.717, 1.165) is 45.1 Å². The molecule has 0 aliphatic carbocycles. The summed E-state index contributed by atoms with van der Waals surface area (Å²) in [5.74, 6) is 6.44. The Balaban J connectivity index is 2.50. The summed E-state index contributed by atoms with van der Waals surface area (Å²) in [5, 5.41) is 0. The largest absolute Gasteiger partial charge is 0.340 e. The highest BCUT2D eigenvalue weighted by Crippen LogP contribution is 2.15. The Morgan fingerprint density at radius 2 is 2.11 bits per heavy atom. The van der Waals surface area contributed by atoms with E-state index in [0.29, 0.717) is 6.04 Å². The van der Waals surface area contributed by atoms with Gasteiger partial charge in [-0.05, 0) is 25.9 Å². The van der Waals surface area contributed by atoms with Gasteiger partial charge in [-0.25, -0.2) is 5.84 Å². The predicted molar refractivity (Wildman–Crippen MR) is 77.4 cm³/mol. The highest BCUT2D eigenvalue weighted by atomic mass is 15.4. The molecule has 0 spiro atoms. The number of rotatable bonds is 6. The molecule has 1 unspecified atom stereocenters. The second kappa shape index (κ2) is 8.32. The van der Waals surface area contributed by atoms with Crippen molar-refractivity contribution in [3.05, 3.63) is 0 Å². The van der Waals surface area contributed by atoms with Gasteiger partial charge in [0.1, 0.15) is 0 Å². The van der Waals surface area contributed by atoms with Crippen LogP contribution in [0.1, 0.15) is 40.0 Å². The van der Waals surface area contributed by atoms with Gasteiger partial charge in [0.2, 0.25) is 5.96 Å². The summed E-state index contributed by atoms with van der Waals surface area (Å²) in [7, 11) is 0. The first-order chi connectivity index (χ1) is 8.76. The minimum absolute atomic E-state index is 0.643. The van der Waals surface area contributed by atoms with Gasteiger partial charge in [-0.3, -0.25) is 15.3 Å². The van der Waals surface area contributed by atoms with E-state index in [1.165, 1.54) is 12.8 Å². The topological polar surface area (TPSA) is 56.9 Å². The van der Waals surface area contributed by atoms with Crippen LogP contribution in [0.2, 0.25) is 0 Å². The molecule has 106 valence electrons. The molecule has 18 heavy (non-hydrogen) atoms. The summed E-state index contributed by atoms with van der Waals surface area (Å²) in [6.07, 6.45) is 3.50. The number of hydrogen-bond acceptors (Lipinski definition) is 3. The Bertz CT molecular complexity index is 250. The number of hydrogen-bond donors (Lipinski definition) is 2. The van der Waals surface area contributed by atoms with Gasteiger partial charge >= 0.3 is 0 Å². The molecular formula is C13H29N5. The summed E-state index contributed by atoms with van der Waals surface area (Å²) in [5.41, 5.74) is 2.76. The van der Waals surface area contributed by atoms with Crippen molar-refractivity contribution in [2.45, 2.75) is 46.1 Å². The first-order valence-electron chi connectivity index (χ1n) is 7.26. The Morgan fingerprint density at radius 3 is 2.67 bits per heavy atom. The zero-order valence-electron chi connectivity index (χ0n) is 12.2. The van der Waals surface area contributed by atoms with Crippen molar-refractivity contribution in [1.29, 1.82) is 0 Å². The van der Waals surface area contributed by atoms with Crippen molar-refractivity contribution < 1.29 is 0 Å². The third kappa shape index (κ3) is 4.14. The first-order valence-corrected chi connectivity index (χ1v) is 7.26. The van der Waals surface area contributed by atoms with Crippen molar-refractivity contribution in [3.8, 4) is 0 Å². The van der Waals surface area contributed by atoms with Gasteiger partial charge in [0.15, 0.2) is 0 Å². The molecule has 0 aromatic rings. The normalized spacial score (nSPS) is 20.8. The molecule has 1 heterocycles. The van der Waals surface area contributed by atoms with Crippen molar-refractivity contribution in [3.63, 3.8) is 0 Å². The lowest BCUT2D eigenvalue weighted by atomic mass is 10.2. The smallest absolute Gasteiger partial charge is 0.208 e. The maximum atomic E-state index is 5.59. The number of nitrogens with two attached hydrogens (primary N) is 1. The first kappa shape index (κ1) is 15.2. The van der Waals surface area contributed by atoms with E-state index in [1.54, 1.807) is 0 Å². The molecule has 5 heteroatoms. The SMILES string of the molecule is CCCCN=C(NN)N1CCC(N(CC)CC)C1. The van der Waals surface area contributed by atoms with Gasteiger partial charge < -0.3 is 4.90 Å². The summed E-state index contributed by atoms with van der Waals surface area (Å²) in [4.78, 5) is 9.34. The second-order valence-corrected chi connectivity index (χ2v) is 4.81. The summed E-state index contributed by atoms with van der Waals surface area (Å²) in [6.45, 7) is 11.8. The van der Waals surface area contributed by atoms with Gasteiger partial charge in [0.05, 0.1) is 0 Å². The molecule has 0 aromatic carbocycles. The number of likely N-dealkylation sites (tertiary alicyclic amines) is 1. The third-order valence-electron chi connectivity index (χ3n) is 3.69. The number of aliphatic imine (C=N–C) groups is 1. The highest BCUT2D eigenvalue weighted by Gasteiger charge is 2.27. The number of nitrogens with zero attached hydrogens (tertiary/aromatic N) is 3. The molecule has 1 saturated heterocycles. The minimum atomic E-state index is 0.643. The standard InChI is InChI=1S/C13H29N5/c1-4-7-9-15-13(16-14)18-10-8-12(11-18)17(5-2)6-3/h12H,4-11,14H2,1-3H3,(H,15,16). The van der Waals surface area contributed by atoms with Crippen LogP contribution < -0.4 is 11.3 Å². The molecule has 1 aliphatic rings. The maximum Gasteiger partial charge on any atom is 0.208 e. The van der Waals surface area contributed by atoms with E-state index >= 15 is 0 Å². The predicted octanol–water partition coefficient (Wildman–Crippen LogP) is 1.02. The van der Waals surface area contributed by atoms with Crippen molar-refractivity contribution in [2.75, 3.05) is 32.7 Å². The summed E-state index contributed by atoms with van der Waals surface area (Å²) < 4.78 is 0. The molecule has 5 nitrogen and oxygen atoms in total. The van der Waals surface area contributed by atoms with Gasteiger partial charge in [-0.1, -0.05) is 27.2 Å². The second-order valence-electron chi connectivity index (χ2n) is 4.81. The van der Waals surface area contributed by atoms with E-state index in [4.69, 9.17) is 5.84 Å². The molecule has 0 saturated carbocycles. The van der Waals surface area contributed by atoms with Gasteiger partial charge in [-0.2, -0.15) is 0 Å². The number of nitrogens with one attached hydrogen (secondary N) is 1. The van der Waals surface area contributed by atoms with Crippen LogP contribution >= 0.6 is 0 Å². The maximum absolute atomic E-state index is 5.59. The molecule has 0 aromatic heterocycles. The number of likely N-dealkylation sites (N-methyl/N-ethyl adjacent to an activating group) is 1. The Morgan fingerprint density at radius 1 is 1.39 bits per heavy atom. The molecule has 0 amide bonds. The van der Waals surface area contributed by atoms with Crippen LogP contribution in [0.4, 0.5) is 0 Å². The Kier molecular flexibility index (Phi) is 7.05. The van der Waals surface area contributed by atoms with Crippen LogP contribution in [0.15, 0.2) is 4.99 Å². The third-order valence-corrected chi connectivity index (χ3v) is 3.69. The molecule has 0 bridgehead atoms. The summed E-state index contributed by atoms with van der Waals surface area (Å²) >= 11 is 0. The average molecular weight is 255 g/mol. The van der Waals surface area contributed by atoms with Crippen LogP contribution in [-0.2, 0) is 0 Å². The average Bonchev–Trinajstić information content (AvgIpc) is 2.86. The zero-order chi connectivity index (χ0) is 13.4. The number of unbranched alkanes of at least 4 members (excludes halogenated alkanes) is 1. The van der Waals surface area contributed by atoms with Gasteiger partial charge in [0, 0.05) is 25.7 Å². The van der Waals surface area contributed by atoms with Gasteiger partial charge in [0.25, 0.3) is 0 Å². The molecule has 0 radical (unpaired) electrons. The van der Waals surface area contributed by atoms with E-state index < -0.39 is 0 Å². The highest BCUT2D eigenvalue weighted by molar-refractivity contribution is 5.79. The van der Waals surface area contributed by atoms with Crippen LogP contribution in [0, 0.1) is 0 Å². The van der Waals surface area contributed by atoms with E-state index in [1.807, 2.05) is 0 Å². The molecule has 3 N–H and O–H groups in total. The monoisotopic (exact) mass is 255 g/mol. The van der Waals surface area contributed by atoms with Gasteiger partial charge in [-0.15, -0.1) is 0 Å². The Hall–Kier alpha value is -0.810. The fourth-order valence-electron chi connectivity index (χ4n) is 2.55. The van der Waals surface area contributed by atoms with Crippen LogP contribution in [0.25, 0.3) is 0 Å². The molecule has 1 fully saturated rings. The lowest BCUT2D eigenvalue weighted by Crippen LogP contribution is -2.45. The lowest BCUT2D eigenvalue weighted by molar-refractivity contribution is 0.223. The minimum Gasteiger partial charge on any atom is -0.340 e. The quantitative estimate of drug-likeness (QED) is 0.245. The van der Waals surface area contributed by atoms with E-state index in [9.17, 15) is 0 Å². The van der Waals surface area contributed by atoms with Crippen molar-refractivity contribution in [2.24, 2.45) is 10.8 Å². The fraction of sp³-hybridized carbons (Fsp3) is 0.923. The number of hydrazine groups is 1. The van der Waals surface area contributed by atoms with Crippen molar-refractivity contribution in [1.82, 2.24) is 15.2 Å². The molecular weight excluding hydrogens is 226 g/mol. The molecule has 1 aliphatic heterocycles. The van der Waals surface area contributed by atoms with Crippen LogP contribution in [0.3, 0.4) is 0 Å². The van der Waals surface area contributed by atoms with Crippen molar-refractivity contribution >= 4 is 5.96 Å². The van der Waals surface area contributed by atoms with Crippen LogP contribution in [-0.4, -0.2) is 54.5 Å². The van der Waals surface area contributed by atoms with Crippen LogP contribution in [0.5, 0.6) is 0 Å². The van der Waals surface area contributed by atoms with E-state index in [2.05, 4.69) is 41.0 Å². The Labute approximate surface area is 111 Å². The molecule has 1 atom stereocenters.